The van der Waals surface area contributed by atoms with Crippen LogP contribution in [-0.2, 0) is 9.53 Å². The van der Waals surface area contributed by atoms with Crippen molar-refractivity contribution in [3.05, 3.63) is 0 Å². The van der Waals surface area contributed by atoms with Gasteiger partial charge in [-0.1, -0.05) is 6.42 Å². The van der Waals surface area contributed by atoms with Crippen molar-refractivity contribution < 1.29 is 9.53 Å². The Morgan fingerprint density at radius 2 is 2.38 bits per heavy atom. The van der Waals surface area contributed by atoms with Crippen LogP contribution in [0.1, 0.15) is 32.6 Å². The number of hydrogen-bond acceptors (Lipinski definition) is 3. The molecule has 0 heterocycles. The molecule has 1 fully saturated rings. The minimum Gasteiger partial charge on any atom is -0.465 e. The van der Waals surface area contributed by atoms with Crippen LogP contribution in [0.4, 0.5) is 0 Å². The van der Waals surface area contributed by atoms with E-state index in [2.05, 4.69) is 4.99 Å². The molecule has 0 amide bonds. The van der Waals surface area contributed by atoms with Crippen molar-refractivity contribution in [2.24, 2.45) is 10.9 Å². The molecule has 0 spiro atoms. The van der Waals surface area contributed by atoms with Crippen LogP contribution < -0.4 is 0 Å². The Morgan fingerprint density at radius 1 is 1.62 bits per heavy atom. The van der Waals surface area contributed by atoms with Gasteiger partial charge in [-0.15, -0.1) is 0 Å². The molecule has 0 aliphatic heterocycles. The highest BCUT2D eigenvalue weighted by molar-refractivity contribution is 6.02. The van der Waals surface area contributed by atoms with E-state index in [-0.39, 0.29) is 11.9 Å². The quantitative estimate of drug-likeness (QED) is 0.612. The summed E-state index contributed by atoms with van der Waals surface area (Å²) < 4.78 is 4.99. The average Bonchev–Trinajstić information content (AvgIpc) is 2.18. The second-order valence-corrected chi connectivity index (χ2v) is 3.27. The topological polar surface area (TPSA) is 38.7 Å². The summed E-state index contributed by atoms with van der Waals surface area (Å²) in [7, 11) is 1.76. The van der Waals surface area contributed by atoms with Crippen molar-refractivity contribution in [2.45, 2.75) is 32.6 Å². The summed E-state index contributed by atoms with van der Waals surface area (Å²) in [6.45, 7) is 2.30. The Hall–Kier alpha value is -0.860. The van der Waals surface area contributed by atoms with Crippen LogP contribution in [0.2, 0.25) is 0 Å². The summed E-state index contributed by atoms with van der Waals surface area (Å²) in [4.78, 5) is 15.6. The van der Waals surface area contributed by atoms with Gasteiger partial charge in [-0.05, 0) is 26.2 Å². The largest absolute Gasteiger partial charge is 0.465 e. The molecule has 0 aromatic carbocycles. The Morgan fingerprint density at radius 3 is 3.00 bits per heavy atom. The third-order valence-corrected chi connectivity index (χ3v) is 2.44. The number of carbonyl (C=O) groups excluding carboxylic acids is 1. The van der Waals surface area contributed by atoms with E-state index in [4.69, 9.17) is 4.74 Å². The third-order valence-electron chi connectivity index (χ3n) is 2.44. The van der Waals surface area contributed by atoms with Gasteiger partial charge in [0.15, 0.2) is 0 Å². The highest BCUT2D eigenvalue weighted by Gasteiger charge is 2.27. The normalized spacial score (nSPS) is 26.0. The minimum atomic E-state index is -0.0946. The van der Waals surface area contributed by atoms with E-state index in [9.17, 15) is 4.79 Å². The third kappa shape index (κ3) is 2.54. The Kier molecular flexibility index (Phi) is 3.93. The van der Waals surface area contributed by atoms with E-state index in [1.165, 1.54) is 0 Å². The highest BCUT2D eigenvalue weighted by Crippen LogP contribution is 2.22. The zero-order chi connectivity index (χ0) is 9.68. The van der Waals surface area contributed by atoms with Crippen LogP contribution >= 0.6 is 0 Å². The molecule has 0 bridgehead atoms. The zero-order valence-electron chi connectivity index (χ0n) is 8.38. The monoisotopic (exact) mass is 183 g/mol. The molecule has 1 unspecified atom stereocenters. The lowest BCUT2D eigenvalue weighted by molar-refractivity contribution is -0.146. The SMILES string of the molecule is CCOC(=O)C1CCCCC1=NC. The average molecular weight is 183 g/mol. The first-order valence-corrected chi connectivity index (χ1v) is 4.91. The first-order valence-electron chi connectivity index (χ1n) is 4.91. The van der Waals surface area contributed by atoms with Gasteiger partial charge in [0.05, 0.1) is 12.5 Å². The lowest BCUT2D eigenvalue weighted by Gasteiger charge is -2.21. The predicted molar refractivity (Wildman–Crippen MR) is 52.0 cm³/mol. The van der Waals surface area contributed by atoms with Gasteiger partial charge in [-0.25, -0.2) is 0 Å². The molecule has 1 rings (SSSR count). The lowest BCUT2D eigenvalue weighted by Crippen LogP contribution is -2.29. The van der Waals surface area contributed by atoms with Gasteiger partial charge in [0.2, 0.25) is 0 Å². The highest BCUT2D eigenvalue weighted by atomic mass is 16.5. The Bertz CT molecular complexity index is 211. The maximum absolute atomic E-state index is 11.5. The van der Waals surface area contributed by atoms with E-state index in [0.29, 0.717) is 6.61 Å². The fourth-order valence-corrected chi connectivity index (χ4v) is 1.76. The van der Waals surface area contributed by atoms with Crippen LogP contribution in [-0.4, -0.2) is 25.3 Å². The molecule has 3 nitrogen and oxygen atoms in total. The van der Waals surface area contributed by atoms with Crippen LogP contribution in [0.3, 0.4) is 0 Å². The molecule has 1 aliphatic carbocycles. The molecule has 3 heteroatoms. The van der Waals surface area contributed by atoms with Gasteiger partial charge in [-0.3, -0.25) is 9.79 Å². The van der Waals surface area contributed by atoms with Crippen LogP contribution in [0.15, 0.2) is 4.99 Å². The molecular weight excluding hydrogens is 166 g/mol. The number of nitrogens with zero attached hydrogens (tertiary/aromatic N) is 1. The number of ether oxygens (including phenoxy) is 1. The second-order valence-electron chi connectivity index (χ2n) is 3.27. The van der Waals surface area contributed by atoms with Gasteiger partial charge < -0.3 is 4.74 Å². The van der Waals surface area contributed by atoms with Gasteiger partial charge in [0.1, 0.15) is 0 Å². The summed E-state index contributed by atoms with van der Waals surface area (Å²) in [6.07, 6.45) is 4.14. The van der Waals surface area contributed by atoms with E-state index < -0.39 is 0 Å². The molecular formula is C10H17NO2. The maximum atomic E-state index is 11.5. The summed E-state index contributed by atoms with van der Waals surface area (Å²) in [5, 5.41) is 0. The fraction of sp³-hybridized carbons (Fsp3) is 0.800. The standard InChI is InChI=1S/C10H17NO2/c1-3-13-10(12)8-6-4-5-7-9(8)11-2/h8H,3-7H2,1-2H3. The Balaban J connectivity index is 2.59. The molecule has 1 saturated carbocycles. The number of carbonyl (C=O) groups is 1. The van der Waals surface area contributed by atoms with E-state index in [0.717, 1.165) is 31.4 Å². The number of aliphatic imine (C=N–C) groups is 1. The maximum Gasteiger partial charge on any atom is 0.314 e. The van der Waals surface area contributed by atoms with Crippen LogP contribution in [0, 0.1) is 5.92 Å². The van der Waals surface area contributed by atoms with Gasteiger partial charge >= 0.3 is 5.97 Å². The molecule has 74 valence electrons. The van der Waals surface area contributed by atoms with E-state index in [1.54, 1.807) is 7.05 Å². The molecule has 13 heavy (non-hydrogen) atoms. The van der Waals surface area contributed by atoms with E-state index >= 15 is 0 Å². The van der Waals surface area contributed by atoms with Crippen molar-refractivity contribution >= 4 is 11.7 Å². The summed E-state index contributed by atoms with van der Waals surface area (Å²) in [6, 6.07) is 0. The van der Waals surface area contributed by atoms with Gasteiger partial charge in [0, 0.05) is 12.8 Å². The predicted octanol–water partition coefficient (Wildman–Crippen LogP) is 1.81. The smallest absolute Gasteiger partial charge is 0.314 e. The van der Waals surface area contributed by atoms with Crippen LogP contribution in [0.5, 0.6) is 0 Å². The molecule has 0 N–H and O–H groups in total. The molecule has 1 aliphatic rings. The zero-order valence-corrected chi connectivity index (χ0v) is 8.38. The summed E-state index contributed by atoms with van der Waals surface area (Å²) in [5.41, 5.74) is 1.02. The number of hydrogen-bond donors (Lipinski definition) is 0. The van der Waals surface area contributed by atoms with Crippen molar-refractivity contribution in [3.63, 3.8) is 0 Å². The van der Waals surface area contributed by atoms with Gasteiger partial charge in [-0.2, -0.15) is 0 Å². The summed E-state index contributed by atoms with van der Waals surface area (Å²) >= 11 is 0. The fourth-order valence-electron chi connectivity index (χ4n) is 1.76. The molecule has 0 radical (unpaired) electrons. The van der Waals surface area contributed by atoms with Crippen molar-refractivity contribution in [2.75, 3.05) is 13.7 Å². The number of esters is 1. The molecule has 0 aromatic rings. The number of rotatable bonds is 2. The minimum absolute atomic E-state index is 0.0568. The first kappa shape index (κ1) is 10.2. The van der Waals surface area contributed by atoms with Gasteiger partial charge in [0.25, 0.3) is 0 Å². The first-order chi connectivity index (χ1) is 6.29. The second kappa shape index (κ2) is 5.00. The van der Waals surface area contributed by atoms with Crippen molar-refractivity contribution in [1.29, 1.82) is 0 Å². The molecule has 0 saturated heterocycles. The van der Waals surface area contributed by atoms with Crippen molar-refractivity contribution in [1.82, 2.24) is 0 Å². The van der Waals surface area contributed by atoms with E-state index in [1.807, 2.05) is 6.92 Å². The lowest BCUT2D eigenvalue weighted by atomic mass is 9.87. The Labute approximate surface area is 79.2 Å². The van der Waals surface area contributed by atoms with Crippen molar-refractivity contribution in [3.8, 4) is 0 Å². The molecule has 1 atom stereocenters. The molecule has 0 aromatic heterocycles. The van der Waals surface area contributed by atoms with Crippen LogP contribution in [0.25, 0.3) is 0 Å². The summed E-state index contributed by atoms with van der Waals surface area (Å²) in [5.74, 6) is -0.151.